The summed E-state index contributed by atoms with van der Waals surface area (Å²) in [5.74, 6) is 2.53. The fourth-order valence-corrected chi connectivity index (χ4v) is 3.46. The molecule has 0 spiro atoms. The highest BCUT2D eigenvalue weighted by atomic mass is 127. The molecular formula is C24H34IN3O3. The average molecular weight is 539 g/mol. The molecule has 1 aliphatic heterocycles. The Bertz CT molecular complexity index is 867. The van der Waals surface area contributed by atoms with Gasteiger partial charge in [-0.25, -0.2) is 0 Å². The maximum Gasteiger partial charge on any atom is 0.191 e. The van der Waals surface area contributed by atoms with E-state index in [-0.39, 0.29) is 30.1 Å². The van der Waals surface area contributed by atoms with Crippen molar-refractivity contribution in [1.82, 2.24) is 10.6 Å². The number of halogens is 1. The first-order valence-corrected chi connectivity index (χ1v) is 10.5. The molecular weight excluding hydrogens is 505 g/mol. The lowest BCUT2D eigenvalue weighted by atomic mass is 10.1. The summed E-state index contributed by atoms with van der Waals surface area (Å²) in [6.45, 7) is 6.83. The maximum absolute atomic E-state index is 6.09. The van der Waals surface area contributed by atoms with Gasteiger partial charge in [0.25, 0.3) is 0 Å². The van der Waals surface area contributed by atoms with E-state index in [2.05, 4.69) is 52.9 Å². The highest BCUT2D eigenvalue weighted by molar-refractivity contribution is 14.0. The molecule has 6 nitrogen and oxygen atoms in total. The molecule has 2 aromatic carbocycles. The second-order valence-corrected chi connectivity index (χ2v) is 7.64. The standard InChI is InChI=1S/C24H33N3O3.HI/c1-17-7-10-20(23(12-17)30-16-21-6-5-11-29-21)15-27-24(25-3)26-14-19-9-8-18(2)22(13-19)28-4;/h7-10,12-13,21H,5-6,11,14-16H2,1-4H3,(H2,25,26,27);1H. The normalized spacial score (nSPS) is 15.9. The molecule has 2 aromatic rings. The molecule has 1 heterocycles. The number of rotatable bonds is 8. The fourth-order valence-electron chi connectivity index (χ4n) is 3.46. The summed E-state index contributed by atoms with van der Waals surface area (Å²) in [6, 6.07) is 12.5. The zero-order chi connectivity index (χ0) is 21.3. The number of aryl methyl sites for hydroxylation is 2. The second kappa shape index (κ2) is 12.8. The van der Waals surface area contributed by atoms with Gasteiger partial charge in [-0.2, -0.15) is 0 Å². The van der Waals surface area contributed by atoms with Gasteiger partial charge in [0.1, 0.15) is 18.1 Å². The van der Waals surface area contributed by atoms with Gasteiger partial charge in [-0.1, -0.05) is 24.3 Å². The van der Waals surface area contributed by atoms with E-state index in [1.165, 1.54) is 5.56 Å². The molecule has 31 heavy (non-hydrogen) atoms. The number of guanidine groups is 1. The van der Waals surface area contributed by atoms with Crippen LogP contribution in [-0.4, -0.2) is 39.4 Å². The van der Waals surface area contributed by atoms with Crippen LogP contribution in [0.5, 0.6) is 11.5 Å². The summed E-state index contributed by atoms with van der Waals surface area (Å²) in [5.41, 5.74) is 4.53. The molecule has 1 atom stereocenters. The first-order valence-electron chi connectivity index (χ1n) is 10.5. The molecule has 1 fully saturated rings. The third-order valence-corrected chi connectivity index (χ3v) is 5.27. The summed E-state index contributed by atoms with van der Waals surface area (Å²) >= 11 is 0. The van der Waals surface area contributed by atoms with E-state index in [4.69, 9.17) is 14.2 Å². The van der Waals surface area contributed by atoms with E-state index in [0.717, 1.165) is 53.6 Å². The molecule has 1 aliphatic rings. The predicted molar refractivity (Wildman–Crippen MR) is 136 cm³/mol. The molecule has 0 saturated carbocycles. The molecule has 0 radical (unpaired) electrons. The Kier molecular flexibility index (Phi) is 10.4. The van der Waals surface area contributed by atoms with E-state index in [1.54, 1.807) is 14.2 Å². The van der Waals surface area contributed by atoms with Gasteiger partial charge in [0, 0.05) is 32.3 Å². The topological polar surface area (TPSA) is 64.1 Å². The van der Waals surface area contributed by atoms with Crippen LogP contribution in [0.2, 0.25) is 0 Å². The molecule has 1 unspecified atom stereocenters. The predicted octanol–water partition coefficient (Wildman–Crippen LogP) is 4.35. The highest BCUT2D eigenvalue weighted by Gasteiger charge is 2.17. The summed E-state index contributed by atoms with van der Waals surface area (Å²) in [7, 11) is 3.47. The van der Waals surface area contributed by atoms with Crippen LogP contribution in [0.3, 0.4) is 0 Å². The number of benzene rings is 2. The van der Waals surface area contributed by atoms with Crippen molar-refractivity contribution < 1.29 is 14.2 Å². The number of hydrogen-bond acceptors (Lipinski definition) is 4. The quantitative estimate of drug-likeness (QED) is 0.297. The molecule has 2 N–H and O–H groups in total. The Morgan fingerprint density at radius 1 is 1.10 bits per heavy atom. The summed E-state index contributed by atoms with van der Waals surface area (Å²) in [6.07, 6.45) is 2.39. The SMILES string of the molecule is CN=C(NCc1ccc(C)c(OC)c1)NCc1ccc(C)cc1OCC1CCCO1.I. The van der Waals surface area contributed by atoms with Crippen molar-refractivity contribution >= 4 is 29.9 Å². The smallest absolute Gasteiger partial charge is 0.191 e. The zero-order valence-corrected chi connectivity index (χ0v) is 21.2. The molecule has 0 bridgehead atoms. The largest absolute Gasteiger partial charge is 0.496 e. The maximum atomic E-state index is 6.09. The Morgan fingerprint density at radius 3 is 2.61 bits per heavy atom. The average Bonchev–Trinajstić information content (AvgIpc) is 3.28. The highest BCUT2D eigenvalue weighted by Crippen LogP contribution is 2.22. The zero-order valence-electron chi connectivity index (χ0n) is 18.9. The van der Waals surface area contributed by atoms with Gasteiger partial charge >= 0.3 is 0 Å². The van der Waals surface area contributed by atoms with Crippen molar-refractivity contribution in [3.63, 3.8) is 0 Å². The van der Waals surface area contributed by atoms with E-state index in [1.807, 2.05) is 13.0 Å². The summed E-state index contributed by atoms with van der Waals surface area (Å²) in [4.78, 5) is 4.34. The Hall–Kier alpha value is -2.00. The van der Waals surface area contributed by atoms with Crippen molar-refractivity contribution in [2.75, 3.05) is 27.4 Å². The van der Waals surface area contributed by atoms with Crippen molar-refractivity contribution in [1.29, 1.82) is 0 Å². The third-order valence-electron chi connectivity index (χ3n) is 5.27. The molecule has 0 aromatic heterocycles. The van der Waals surface area contributed by atoms with Crippen LogP contribution in [0.15, 0.2) is 41.4 Å². The number of aliphatic imine (C=N–C) groups is 1. The van der Waals surface area contributed by atoms with Crippen LogP contribution < -0.4 is 20.1 Å². The van der Waals surface area contributed by atoms with Crippen LogP contribution in [0.4, 0.5) is 0 Å². The molecule has 3 rings (SSSR count). The molecule has 170 valence electrons. The minimum Gasteiger partial charge on any atom is -0.496 e. The fraction of sp³-hybridized carbons (Fsp3) is 0.458. The summed E-state index contributed by atoms with van der Waals surface area (Å²) in [5, 5.41) is 6.74. The minimum absolute atomic E-state index is 0. The van der Waals surface area contributed by atoms with E-state index >= 15 is 0 Å². The van der Waals surface area contributed by atoms with E-state index in [0.29, 0.717) is 19.7 Å². The molecule has 0 aliphatic carbocycles. The minimum atomic E-state index is 0. The lowest BCUT2D eigenvalue weighted by Crippen LogP contribution is -2.36. The lowest BCUT2D eigenvalue weighted by molar-refractivity contribution is 0.0676. The van der Waals surface area contributed by atoms with Gasteiger partial charge < -0.3 is 24.8 Å². The van der Waals surface area contributed by atoms with Crippen LogP contribution in [0.25, 0.3) is 0 Å². The van der Waals surface area contributed by atoms with Crippen molar-refractivity contribution in [3.05, 3.63) is 58.7 Å². The second-order valence-electron chi connectivity index (χ2n) is 7.64. The van der Waals surface area contributed by atoms with Crippen LogP contribution in [0.1, 0.15) is 35.1 Å². The first kappa shape index (κ1) is 25.3. The van der Waals surface area contributed by atoms with Gasteiger partial charge in [0.2, 0.25) is 0 Å². The van der Waals surface area contributed by atoms with Crippen LogP contribution in [-0.2, 0) is 17.8 Å². The van der Waals surface area contributed by atoms with Crippen LogP contribution in [0, 0.1) is 13.8 Å². The summed E-state index contributed by atoms with van der Waals surface area (Å²) < 4.78 is 17.2. The third kappa shape index (κ3) is 7.57. The molecule has 1 saturated heterocycles. The van der Waals surface area contributed by atoms with Gasteiger partial charge in [-0.15, -0.1) is 24.0 Å². The van der Waals surface area contributed by atoms with E-state index < -0.39 is 0 Å². The Labute approximate surface area is 202 Å². The Balaban J connectivity index is 0.00000341. The van der Waals surface area contributed by atoms with Crippen LogP contribution >= 0.6 is 24.0 Å². The van der Waals surface area contributed by atoms with Crippen molar-refractivity contribution in [2.24, 2.45) is 4.99 Å². The van der Waals surface area contributed by atoms with E-state index in [9.17, 15) is 0 Å². The number of hydrogen-bond donors (Lipinski definition) is 2. The van der Waals surface area contributed by atoms with Gasteiger partial charge in [-0.05, 0) is 55.5 Å². The van der Waals surface area contributed by atoms with Gasteiger partial charge in [0.05, 0.1) is 13.2 Å². The number of ether oxygens (including phenoxy) is 3. The number of methoxy groups -OCH3 is 1. The number of nitrogens with zero attached hydrogens (tertiary/aromatic N) is 1. The first-order chi connectivity index (χ1) is 14.6. The molecule has 0 amide bonds. The number of nitrogens with one attached hydrogen (secondary N) is 2. The monoisotopic (exact) mass is 539 g/mol. The van der Waals surface area contributed by atoms with Crippen molar-refractivity contribution in [3.8, 4) is 11.5 Å². The van der Waals surface area contributed by atoms with Gasteiger partial charge in [0.15, 0.2) is 5.96 Å². The Morgan fingerprint density at radius 2 is 1.90 bits per heavy atom. The lowest BCUT2D eigenvalue weighted by Gasteiger charge is -2.17. The van der Waals surface area contributed by atoms with Gasteiger partial charge in [-0.3, -0.25) is 4.99 Å². The molecule has 7 heteroatoms. The van der Waals surface area contributed by atoms with Crippen molar-refractivity contribution in [2.45, 2.75) is 45.9 Å².